The summed E-state index contributed by atoms with van der Waals surface area (Å²) in [5.41, 5.74) is 0.948. The second-order valence-electron chi connectivity index (χ2n) is 4.43. The van der Waals surface area contributed by atoms with Crippen molar-refractivity contribution in [3.63, 3.8) is 0 Å². The minimum Gasteiger partial charge on any atom is -0.466 e. The third-order valence-corrected chi connectivity index (χ3v) is 3.72. The van der Waals surface area contributed by atoms with E-state index in [1.54, 1.807) is 12.1 Å². The highest BCUT2D eigenvalue weighted by Gasteiger charge is 2.30. The normalized spacial score (nSPS) is 13.8. The minimum atomic E-state index is -1.10. The lowest BCUT2D eigenvalue weighted by Crippen LogP contribution is -2.29. The van der Waals surface area contributed by atoms with Crippen LogP contribution < -0.4 is 0 Å². The zero-order chi connectivity index (χ0) is 15.1. The van der Waals surface area contributed by atoms with Crippen molar-refractivity contribution in [1.29, 1.82) is 0 Å². The second-order valence-corrected chi connectivity index (χ2v) is 5.70. The summed E-state index contributed by atoms with van der Waals surface area (Å²) in [5, 5.41) is 10.1. The first kappa shape index (κ1) is 15.8. The van der Waals surface area contributed by atoms with Crippen molar-refractivity contribution >= 4 is 16.9 Å². The maximum Gasteiger partial charge on any atom is 0.220 e. The van der Waals surface area contributed by atoms with Crippen LogP contribution in [-0.4, -0.2) is 22.1 Å². The monoisotopic (exact) mass is 306 g/mol. The van der Waals surface area contributed by atoms with Gasteiger partial charge in [0.15, 0.2) is 6.10 Å². The van der Waals surface area contributed by atoms with Crippen molar-refractivity contribution in [3.05, 3.63) is 60.1 Å². The fraction of sp³-hybridized carbons (Fsp3) is 0.312. The molecule has 0 spiro atoms. The van der Waals surface area contributed by atoms with Crippen LogP contribution in [0.2, 0.25) is 0 Å². The van der Waals surface area contributed by atoms with Gasteiger partial charge in [-0.1, -0.05) is 49.0 Å². The van der Waals surface area contributed by atoms with Crippen molar-refractivity contribution in [2.75, 3.05) is 5.75 Å². The predicted molar refractivity (Wildman–Crippen MR) is 81.8 cm³/mol. The van der Waals surface area contributed by atoms with E-state index < -0.39 is 12.2 Å². The highest BCUT2D eigenvalue weighted by Crippen LogP contribution is 2.25. The van der Waals surface area contributed by atoms with Crippen molar-refractivity contribution in [2.24, 2.45) is 0 Å². The minimum absolute atomic E-state index is 0.197. The number of carbonyl (C=O) groups is 1. The molecule has 1 aromatic carbocycles. The van der Waals surface area contributed by atoms with Crippen molar-refractivity contribution < 1.29 is 19.1 Å². The van der Waals surface area contributed by atoms with Gasteiger partial charge in [0.05, 0.1) is 12.9 Å². The Kier molecular flexibility index (Phi) is 6.04. The lowest BCUT2D eigenvalue weighted by molar-refractivity contribution is -0.132. The molecule has 0 radical (unpaired) electrons. The van der Waals surface area contributed by atoms with Gasteiger partial charge in [0.25, 0.3) is 0 Å². The molecule has 0 saturated heterocycles. The number of aliphatic hydroxyl groups excluding tert-OH is 1. The van der Waals surface area contributed by atoms with Gasteiger partial charge < -0.3 is 14.3 Å². The topological polar surface area (TPSA) is 59.7 Å². The molecule has 0 bridgehead atoms. The lowest BCUT2D eigenvalue weighted by atomic mass is 10.1. The van der Waals surface area contributed by atoms with Gasteiger partial charge in [-0.3, -0.25) is 4.79 Å². The van der Waals surface area contributed by atoms with Gasteiger partial charge in [-0.2, -0.15) is 0 Å². The summed E-state index contributed by atoms with van der Waals surface area (Å²) in [4.78, 5) is 12.1. The zero-order valence-corrected chi connectivity index (χ0v) is 12.6. The summed E-state index contributed by atoms with van der Waals surface area (Å²) in [7, 11) is 0. The summed E-state index contributed by atoms with van der Waals surface area (Å²) in [6, 6.07) is 12.8. The maximum absolute atomic E-state index is 12.1. The van der Waals surface area contributed by atoms with Crippen LogP contribution in [0.15, 0.2) is 53.1 Å². The van der Waals surface area contributed by atoms with Crippen LogP contribution in [0, 0.1) is 0 Å². The van der Waals surface area contributed by atoms with Crippen LogP contribution in [0.25, 0.3) is 0 Å². The van der Waals surface area contributed by atoms with E-state index in [9.17, 15) is 9.90 Å². The Morgan fingerprint density at radius 1 is 1.29 bits per heavy atom. The first-order valence-electron chi connectivity index (χ1n) is 6.76. The molecule has 0 aliphatic rings. The number of benzene rings is 1. The van der Waals surface area contributed by atoms with Crippen molar-refractivity contribution in [1.82, 2.24) is 0 Å². The number of hydrogen-bond acceptors (Lipinski definition) is 5. The van der Waals surface area contributed by atoms with Gasteiger partial charge in [0.2, 0.25) is 5.12 Å². The standard InChI is InChI=1S/C16H18O4S/c1-2-21-16(18)15(14(17)13-9-6-10-19-13)20-11-12-7-4-3-5-8-12/h3-10,14-15,17H,2,11H2,1H3/t14-,15+/m1/s1. The molecular weight excluding hydrogens is 288 g/mol. The van der Waals surface area contributed by atoms with Gasteiger partial charge in [-0.15, -0.1) is 0 Å². The Morgan fingerprint density at radius 3 is 2.67 bits per heavy atom. The number of rotatable bonds is 7. The van der Waals surface area contributed by atoms with E-state index in [1.165, 1.54) is 6.26 Å². The molecule has 0 unspecified atom stereocenters. The van der Waals surface area contributed by atoms with Crippen LogP contribution in [0.3, 0.4) is 0 Å². The quantitative estimate of drug-likeness (QED) is 0.851. The summed E-state index contributed by atoms with van der Waals surface area (Å²) >= 11 is 1.13. The largest absolute Gasteiger partial charge is 0.466 e. The fourth-order valence-electron chi connectivity index (χ4n) is 1.88. The van der Waals surface area contributed by atoms with Crippen molar-refractivity contribution in [2.45, 2.75) is 25.7 Å². The molecule has 1 heterocycles. The zero-order valence-electron chi connectivity index (χ0n) is 11.8. The van der Waals surface area contributed by atoms with Gasteiger partial charge in [0, 0.05) is 0 Å². The third-order valence-electron chi connectivity index (χ3n) is 2.91. The molecule has 0 amide bonds. The fourth-order valence-corrected chi connectivity index (χ4v) is 2.53. The SMILES string of the molecule is CCSC(=O)[C@@H](OCc1ccccc1)[C@H](O)c1ccco1. The molecule has 1 aromatic heterocycles. The average molecular weight is 306 g/mol. The number of furan rings is 1. The Morgan fingerprint density at radius 2 is 2.05 bits per heavy atom. The first-order valence-corrected chi connectivity index (χ1v) is 7.74. The molecule has 5 heteroatoms. The molecule has 0 saturated carbocycles. The maximum atomic E-state index is 12.1. The summed E-state index contributed by atoms with van der Waals surface area (Å²) < 4.78 is 10.8. The van der Waals surface area contributed by atoms with Gasteiger partial charge in [-0.25, -0.2) is 0 Å². The number of ether oxygens (including phenoxy) is 1. The average Bonchev–Trinajstić information content (AvgIpc) is 3.03. The first-order chi connectivity index (χ1) is 10.2. The molecule has 2 rings (SSSR count). The van der Waals surface area contributed by atoms with E-state index in [1.807, 2.05) is 37.3 Å². The van der Waals surface area contributed by atoms with Gasteiger partial charge in [-0.05, 0) is 23.4 Å². The second kappa shape index (κ2) is 8.02. The lowest BCUT2D eigenvalue weighted by Gasteiger charge is -2.20. The number of thioether (sulfide) groups is 1. The van der Waals surface area contributed by atoms with E-state index in [-0.39, 0.29) is 11.7 Å². The van der Waals surface area contributed by atoms with E-state index in [0.717, 1.165) is 17.3 Å². The van der Waals surface area contributed by atoms with Gasteiger partial charge in [0.1, 0.15) is 11.9 Å². The van der Waals surface area contributed by atoms with E-state index in [0.29, 0.717) is 11.5 Å². The molecule has 2 aromatic rings. The molecule has 0 aliphatic carbocycles. The molecule has 2 atom stereocenters. The van der Waals surface area contributed by atoms with Gasteiger partial charge >= 0.3 is 0 Å². The molecule has 4 nitrogen and oxygen atoms in total. The molecule has 112 valence electrons. The Bertz CT molecular complexity index is 539. The van der Waals surface area contributed by atoms with E-state index in [2.05, 4.69) is 0 Å². The molecule has 0 fully saturated rings. The highest BCUT2D eigenvalue weighted by atomic mass is 32.2. The third kappa shape index (κ3) is 4.46. The molecule has 1 N–H and O–H groups in total. The Hall–Kier alpha value is -1.56. The van der Waals surface area contributed by atoms with Crippen molar-refractivity contribution in [3.8, 4) is 0 Å². The molecule has 0 aliphatic heterocycles. The predicted octanol–water partition coefficient (Wildman–Crippen LogP) is 3.18. The number of carbonyl (C=O) groups excluding carboxylic acids is 1. The van der Waals surface area contributed by atoms with E-state index >= 15 is 0 Å². The summed E-state index contributed by atoms with van der Waals surface area (Å²) in [5.74, 6) is 0.965. The number of aliphatic hydroxyl groups is 1. The Balaban J connectivity index is 2.07. The van der Waals surface area contributed by atoms with E-state index in [4.69, 9.17) is 9.15 Å². The van der Waals surface area contributed by atoms with Crippen LogP contribution in [0.4, 0.5) is 0 Å². The summed E-state index contributed by atoms with van der Waals surface area (Å²) in [6.07, 6.45) is -0.582. The van der Waals surface area contributed by atoms with Crippen LogP contribution in [0.1, 0.15) is 24.4 Å². The summed E-state index contributed by atoms with van der Waals surface area (Å²) in [6.45, 7) is 2.15. The molecule has 21 heavy (non-hydrogen) atoms. The highest BCUT2D eigenvalue weighted by molar-refractivity contribution is 8.13. The molecular formula is C16H18O4S. The van der Waals surface area contributed by atoms with Crippen LogP contribution in [0.5, 0.6) is 0 Å². The van der Waals surface area contributed by atoms with Crippen LogP contribution in [-0.2, 0) is 16.1 Å². The Labute approximate surface area is 128 Å². The smallest absolute Gasteiger partial charge is 0.220 e. The number of hydrogen-bond donors (Lipinski definition) is 1. The van der Waals surface area contributed by atoms with Crippen LogP contribution >= 0.6 is 11.8 Å².